The van der Waals surface area contributed by atoms with Crippen LogP contribution in [0.15, 0.2) is 54.9 Å². The third-order valence-corrected chi connectivity index (χ3v) is 5.20. The molecule has 30 heavy (non-hydrogen) atoms. The van der Waals surface area contributed by atoms with Crippen LogP contribution in [0.1, 0.15) is 22.5 Å². The van der Waals surface area contributed by atoms with Crippen LogP contribution in [0.25, 0.3) is 11.3 Å². The first kappa shape index (κ1) is 19.8. The lowest BCUT2D eigenvalue weighted by Gasteiger charge is -2.22. The number of hydrogen-bond acceptors (Lipinski definition) is 5. The van der Waals surface area contributed by atoms with Crippen LogP contribution < -0.4 is 10.6 Å². The zero-order valence-corrected chi connectivity index (χ0v) is 16.8. The van der Waals surface area contributed by atoms with Crippen molar-refractivity contribution in [3.8, 4) is 11.3 Å². The number of nitrogens with zero attached hydrogens (tertiary/aromatic N) is 1. The molecule has 3 N–H and O–H groups in total. The van der Waals surface area contributed by atoms with Gasteiger partial charge in [0.25, 0.3) is 0 Å². The fraction of sp³-hybridized carbons (Fsp3) is 0.261. The molecule has 1 aliphatic rings. The van der Waals surface area contributed by atoms with Gasteiger partial charge in [0.1, 0.15) is 6.61 Å². The Morgan fingerprint density at radius 2 is 1.93 bits per heavy atom. The minimum absolute atomic E-state index is 0.0196. The number of H-pyrrole nitrogens is 1. The Morgan fingerprint density at radius 1 is 1.17 bits per heavy atom. The van der Waals surface area contributed by atoms with E-state index in [0.717, 1.165) is 28.3 Å². The second-order valence-electron chi connectivity index (χ2n) is 7.39. The Bertz CT molecular complexity index is 1030. The molecule has 154 valence electrons. The van der Waals surface area contributed by atoms with Gasteiger partial charge >= 0.3 is 0 Å². The van der Waals surface area contributed by atoms with Gasteiger partial charge in [-0.05, 0) is 36.6 Å². The molecule has 0 spiro atoms. The summed E-state index contributed by atoms with van der Waals surface area (Å²) in [5, 5.41) is 6.28. The molecular formula is C23H24N4O3. The van der Waals surface area contributed by atoms with Crippen LogP contribution in [-0.4, -0.2) is 41.9 Å². The van der Waals surface area contributed by atoms with E-state index in [1.165, 1.54) is 7.11 Å². The maximum absolute atomic E-state index is 13.1. The first-order valence-corrected chi connectivity index (χ1v) is 9.92. The number of carbonyl (C=O) groups is 2. The van der Waals surface area contributed by atoms with Crippen LogP contribution >= 0.6 is 0 Å². The molecule has 0 aliphatic heterocycles. The van der Waals surface area contributed by atoms with Crippen molar-refractivity contribution in [3.05, 3.63) is 66.1 Å². The number of pyridine rings is 1. The Kier molecular flexibility index (Phi) is 5.90. The number of para-hydroxylation sites is 1. The van der Waals surface area contributed by atoms with Gasteiger partial charge in [0.05, 0.1) is 16.9 Å². The number of nitrogens with one attached hydrogen (secondary N) is 3. The number of amides is 1. The van der Waals surface area contributed by atoms with Crippen molar-refractivity contribution in [2.75, 3.05) is 25.6 Å². The zero-order chi connectivity index (χ0) is 20.9. The highest BCUT2D eigenvalue weighted by Gasteiger charge is 2.31. The van der Waals surface area contributed by atoms with E-state index in [0.29, 0.717) is 24.9 Å². The summed E-state index contributed by atoms with van der Waals surface area (Å²) in [6, 6.07) is 13.6. The summed E-state index contributed by atoms with van der Waals surface area (Å²) in [7, 11) is 1.48. The molecule has 2 heterocycles. The summed E-state index contributed by atoms with van der Waals surface area (Å²) in [5.74, 6) is -0.0670. The maximum atomic E-state index is 13.1. The topological polar surface area (TPSA) is 96.1 Å². The van der Waals surface area contributed by atoms with Gasteiger partial charge in [0.15, 0.2) is 5.78 Å². The molecule has 1 amide bonds. The standard InChI is InChI=1S/C23H24N4O3/c1-30-14-20(29)25-13-15-11-18-21(19(28)12-15)23(26-17-5-3-2-4-6-17)22(27-18)16-7-9-24-10-8-16/h2-10,15,26-27H,11-14H2,1H3,(H,25,29). The van der Waals surface area contributed by atoms with Gasteiger partial charge in [-0.15, -0.1) is 0 Å². The summed E-state index contributed by atoms with van der Waals surface area (Å²) in [6.45, 7) is 0.462. The number of aromatic nitrogens is 2. The summed E-state index contributed by atoms with van der Waals surface area (Å²) < 4.78 is 4.85. The van der Waals surface area contributed by atoms with E-state index >= 15 is 0 Å². The average Bonchev–Trinajstić information content (AvgIpc) is 3.12. The number of ether oxygens (including phenoxy) is 1. The monoisotopic (exact) mass is 404 g/mol. The molecule has 0 bridgehead atoms. The van der Waals surface area contributed by atoms with Crippen molar-refractivity contribution < 1.29 is 14.3 Å². The van der Waals surface area contributed by atoms with E-state index in [1.807, 2.05) is 42.5 Å². The number of Topliss-reactive ketones (excluding diaryl/α,β-unsaturated/α-hetero) is 1. The molecule has 1 atom stereocenters. The SMILES string of the molecule is COCC(=O)NCC1CC(=O)c2c([nH]c(-c3ccncc3)c2Nc2ccccc2)C1. The van der Waals surface area contributed by atoms with E-state index in [4.69, 9.17) is 4.74 Å². The largest absolute Gasteiger partial charge is 0.375 e. The fourth-order valence-electron chi connectivity index (χ4n) is 3.85. The van der Waals surface area contributed by atoms with Crippen molar-refractivity contribution in [2.24, 2.45) is 5.92 Å². The van der Waals surface area contributed by atoms with Crippen LogP contribution in [0.2, 0.25) is 0 Å². The number of carbonyl (C=O) groups excluding carboxylic acids is 2. The Hall–Kier alpha value is -3.45. The number of anilines is 2. The number of aromatic amines is 1. The summed E-state index contributed by atoms with van der Waals surface area (Å²) in [4.78, 5) is 32.4. The molecule has 1 aromatic carbocycles. The number of fused-ring (bicyclic) bond motifs is 1. The molecule has 0 fully saturated rings. The highest BCUT2D eigenvalue weighted by molar-refractivity contribution is 6.07. The lowest BCUT2D eigenvalue weighted by atomic mass is 9.86. The molecular weight excluding hydrogens is 380 g/mol. The second kappa shape index (κ2) is 8.92. The quantitative estimate of drug-likeness (QED) is 0.561. The molecule has 7 nitrogen and oxygen atoms in total. The van der Waals surface area contributed by atoms with E-state index in [2.05, 4.69) is 20.6 Å². The average molecular weight is 404 g/mol. The molecule has 1 unspecified atom stereocenters. The van der Waals surface area contributed by atoms with Crippen molar-refractivity contribution in [1.82, 2.24) is 15.3 Å². The smallest absolute Gasteiger partial charge is 0.245 e. The van der Waals surface area contributed by atoms with Crippen molar-refractivity contribution in [1.29, 1.82) is 0 Å². The number of rotatable bonds is 7. The molecule has 0 saturated heterocycles. The summed E-state index contributed by atoms with van der Waals surface area (Å²) in [5.41, 5.74) is 5.11. The van der Waals surface area contributed by atoms with Crippen molar-refractivity contribution in [2.45, 2.75) is 12.8 Å². The highest BCUT2D eigenvalue weighted by atomic mass is 16.5. The molecule has 3 aromatic rings. The molecule has 0 saturated carbocycles. The predicted octanol–water partition coefficient (Wildman–Crippen LogP) is 3.33. The summed E-state index contributed by atoms with van der Waals surface area (Å²) in [6.07, 6.45) is 4.54. The first-order valence-electron chi connectivity index (χ1n) is 9.92. The van der Waals surface area contributed by atoms with Crippen LogP contribution in [0.3, 0.4) is 0 Å². The third-order valence-electron chi connectivity index (χ3n) is 5.20. The lowest BCUT2D eigenvalue weighted by Crippen LogP contribution is -2.35. The van der Waals surface area contributed by atoms with E-state index in [9.17, 15) is 9.59 Å². The normalized spacial score (nSPS) is 15.5. The Balaban J connectivity index is 1.66. The highest BCUT2D eigenvalue weighted by Crippen LogP contribution is 2.39. The van der Waals surface area contributed by atoms with Gasteiger partial charge in [-0.25, -0.2) is 0 Å². The van der Waals surface area contributed by atoms with E-state index in [1.54, 1.807) is 12.4 Å². The second-order valence-corrected chi connectivity index (χ2v) is 7.39. The maximum Gasteiger partial charge on any atom is 0.245 e. The Morgan fingerprint density at radius 3 is 2.67 bits per heavy atom. The third kappa shape index (κ3) is 4.26. The van der Waals surface area contributed by atoms with Gasteiger partial charge in [0.2, 0.25) is 5.91 Å². The zero-order valence-electron chi connectivity index (χ0n) is 16.8. The fourth-order valence-corrected chi connectivity index (χ4v) is 3.85. The van der Waals surface area contributed by atoms with Crippen molar-refractivity contribution in [3.63, 3.8) is 0 Å². The van der Waals surface area contributed by atoms with Crippen LogP contribution in [0, 0.1) is 5.92 Å². The van der Waals surface area contributed by atoms with Gasteiger partial charge < -0.3 is 20.4 Å². The summed E-state index contributed by atoms with van der Waals surface area (Å²) >= 11 is 0. The van der Waals surface area contributed by atoms with E-state index < -0.39 is 0 Å². The minimum Gasteiger partial charge on any atom is -0.375 e. The van der Waals surface area contributed by atoms with Gasteiger partial charge in [-0.3, -0.25) is 14.6 Å². The first-order chi connectivity index (χ1) is 14.7. The predicted molar refractivity (Wildman–Crippen MR) is 115 cm³/mol. The minimum atomic E-state index is -0.175. The number of benzene rings is 1. The van der Waals surface area contributed by atoms with E-state index in [-0.39, 0.29) is 24.2 Å². The Labute approximate surface area is 174 Å². The molecule has 4 rings (SSSR count). The van der Waals surface area contributed by atoms with Crippen LogP contribution in [0.5, 0.6) is 0 Å². The van der Waals surface area contributed by atoms with Gasteiger partial charge in [-0.2, -0.15) is 0 Å². The molecule has 0 radical (unpaired) electrons. The molecule has 7 heteroatoms. The van der Waals surface area contributed by atoms with Crippen LogP contribution in [0.4, 0.5) is 11.4 Å². The lowest BCUT2D eigenvalue weighted by molar-refractivity contribution is -0.124. The number of ketones is 1. The molecule has 1 aliphatic carbocycles. The van der Waals surface area contributed by atoms with Gasteiger partial charge in [-0.1, -0.05) is 18.2 Å². The number of methoxy groups -OCH3 is 1. The number of hydrogen-bond donors (Lipinski definition) is 3. The van der Waals surface area contributed by atoms with Gasteiger partial charge in [0, 0.05) is 49.4 Å². The van der Waals surface area contributed by atoms with Crippen molar-refractivity contribution >= 4 is 23.1 Å². The van der Waals surface area contributed by atoms with Crippen LogP contribution in [-0.2, 0) is 16.0 Å². The molecule has 2 aromatic heterocycles.